The van der Waals surface area contributed by atoms with E-state index in [0.717, 1.165) is 58.5 Å². The molecule has 0 aromatic rings. The van der Waals surface area contributed by atoms with E-state index in [2.05, 4.69) is 29.0 Å². The van der Waals surface area contributed by atoms with Crippen molar-refractivity contribution in [3.63, 3.8) is 0 Å². The van der Waals surface area contributed by atoms with Crippen molar-refractivity contribution < 1.29 is 4.79 Å². The summed E-state index contributed by atoms with van der Waals surface area (Å²) in [5.74, 6) is 0.353. The second kappa shape index (κ2) is 12.6. The van der Waals surface area contributed by atoms with Crippen LogP contribution in [-0.4, -0.2) is 67.1 Å². The number of piperazine rings is 1. The Morgan fingerprint density at radius 3 is 2.26 bits per heavy atom. The molecule has 0 bridgehead atoms. The molecule has 1 aliphatic heterocycles. The Bertz CT molecular complexity index is 328. The van der Waals surface area contributed by atoms with E-state index in [1.54, 1.807) is 0 Å². The Morgan fingerprint density at radius 1 is 1.17 bits per heavy atom. The lowest BCUT2D eigenvalue weighted by Gasteiger charge is -2.37. The number of hydrogen-bond donors (Lipinski definition) is 2. The van der Waals surface area contributed by atoms with Gasteiger partial charge in [0.05, 0.1) is 0 Å². The summed E-state index contributed by atoms with van der Waals surface area (Å²) >= 11 is 0. The Labute approximate surface area is 159 Å². The number of carbonyl (C=O) groups is 1. The van der Waals surface area contributed by atoms with E-state index >= 15 is 0 Å². The minimum Gasteiger partial charge on any atom is -0.354 e. The van der Waals surface area contributed by atoms with Crippen LogP contribution in [0.3, 0.4) is 0 Å². The Hall–Kier alpha value is 0.220. The van der Waals surface area contributed by atoms with Crippen molar-refractivity contribution in [1.82, 2.24) is 15.1 Å². The minimum atomic E-state index is 0. The third-order valence-corrected chi connectivity index (χ3v) is 4.89. The van der Waals surface area contributed by atoms with E-state index < -0.39 is 0 Å². The predicted molar refractivity (Wildman–Crippen MR) is 103 cm³/mol. The maximum absolute atomic E-state index is 12.1. The van der Waals surface area contributed by atoms with Crippen molar-refractivity contribution in [2.75, 3.05) is 39.3 Å². The fraction of sp³-hybridized carbons (Fsp3) is 0.933. The largest absolute Gasteiger partial charge is 0.354 e. The van der Waals surface area contributed by atoms with Gasteiger partial charge in [0.2, 0.25) is 5.91 Å². The van der Waals surface area contributed by atoms with Crippen LogP contribution in [0.25, 0.3) is 0 Å². The average Bonchev–Trinajstić information content (AvgIpc) is 2.91. The molecule has 2 aliphatic rings. The highest BCUT2D eigenvalue weighted by atomic mass is 35.5. The summed E-state index contributed by atoms with van der Waals surface area (Å²) in [6.45, 7) is 10.8. The maximum Gasteiger partial charge on any atom is 0.223 e. The van der Waals surface area contributed by atoms with Crippen LogP contribution in [0.15, 0.2) is 0 Å². The lowest BCUT2D eigenvalue weighted by Crippen LogP contribution is -2.52. The van der Waals surface area contributed by atoms with Gasteiger partial charge in [-0.3, -0.25) is 9.69 Å². The monoisotopic (exact) mass is 390 g/mol. The first kappa shape index (κ1) is 25.5. The van der Waals surface area contributed by atoms with Gasteiger partial charge in [0.1, 0.15) is 0 Å². The molecule has 0 radical (unpaired) electrons. The van der Waals surface area contributed by atoms with Gasteiger partial charge in [-0.05, 0) is 32.7 Å². The second-order valence-electron chi connectivity index (χ2n) is 6.33. The van der Waals surface area contributed by atoms with Crippen molar-refractivity contribution in [3.05, 3.63) is 0 Å². The molecular weight excluding hydrogens is 359 g/mol. The van der Waals surface area contributed by atoms with Crippen molar-refractivity contribution >= 4 is 43.1 Å². The average molecular weight is 392 g/mol. The van der Waals surface area contributed by atoms with Crippen molar-refractivity contribution in [2.24, 2.45) is 11.7 Å². The Balaban J connectivity index is 0. The van der Waals surface area contributed by atoms with Gasteiger partial charge in [-0.25, -0.2) is 0 Å². The molecule has 1 heterocycles. The summed E-state index contributed by atoms with van der Waals surface area (Å²) in [5.41, 5.74) is 5.87. The van der Waals surface area contributed by atoms with Crippen LogP contribution in [0, 0.1) is 5.92 Å². The lowest BCUT2D eigenvalue weighted by molar-refractivity contribution is -0.125. The quantitative estimate of drug-likeness (QED) is 0.746. The van der Waals surface area contributed by atoms with Gasteiger partial charge >= 0.3 is 0 Å². The smallest absolute Gasteiger partial charge is 0.223 e. The molecule has 2 fully saturated rings. The van der Waals surface area contributed by atoms with Gasteiger partial charge in [0, 0.05) is 50.7 Å². The summed E-state index contributed by atoms with van der Waals surface area (Å²) in [6.07, 6.45) is 2.80. The molecule has 140 valence electrons. The normalized spacial score (nSPS) is 26.4. The Kier molecular flexibility index (Phi) is 13.9. The van der Waals surface area contributed by atoms with Gasteiger partial charge in [0.25, 0.3) is 0 Å². The third-order valence-electron chi connectivity index (χ3n) is 4.89. The van der Waals surface area contributed by atoms with E-state index in [4.69, 9.17) is 5.73 Å². The zero-order valence-electron chi connectivity index (χ0n) is 14.2. The molecule has 0 aromatic heterocycles. The molecule has 1 amide bonds. The van der Waals surface area contributed by atoms with E-state index in [-0.39, 0.29) is 55.1 Å². The molecule has 1 saturated heterocycles. The fourth-order valence-electron chi connectivity index (χ4n) is 3.30. The fourth-order valence-corrected chi connectivity index (χ4v) is 3.30. The lowest BCUT2D eigenvalue weighted by atomic mass is 10.1. The first-order chi connectivity index (χ1) is 9.60. The van der Waals surface area contributed by atoms with Gasteiger partial charge in [0.15, 0.2) is 0 Å². The number of hydrogen-bond acceptors (Lipinski definition) is 4. The van der Waals surface area contributed by atoms with Crippen LogP contribution in [0.5, 0.6) is 0 Å². The summed E-state index contributed by atoms with van der Waals surface area (Å²) in [6, 6.07) is 0.651. The molecule has 5 nitrogen and oxygen atoms in total. The summed E-state index contributed by atoms with van der Waals surface area (Å²) < 4.78 is 0. The predicted octanol–water partition coefficient (Wildman–Crippen LogP) is 1.52. The Morgan fingerprint density at radius 2 is 1.78 bits per heavy atom. The van der Waals surface area contributed by atoms with Gasteiger partial charge in [-0.2, -0.15) is 0 Å². The van der Waals surface area contributed by atoms with Gasteiger partial charge < -0.3 is 16.0 Å². The number of likely N-dealkylation sites (N-methyl/N-ethyl adjacent to an activating group) is 1. The number of rotatable bonds is 5. The molecule has 0 spiro atoms. The number of carbonyl (C=O) groups excluding carboxylic acids is 1. The highest BCUT2D eigenvalue weighted by Gasteiger charge is 2.28. The number of nitrogens with two attached hydrogens (primary N) is 1. The van der Waals surface area contributed by atoms with Crippen molar-refractivity contribution in [3.8, 4) is 0 Å². The molecule has 0 aromatic carbocycles. The van der Waals surface area contributed by atoms with Crippen molar-refractivity contribution in [2.45, 2.75) is 45.2 Å². The summed E-state index contributed by atoms with van der Waals surface area (Å²) in [4.78, 5) is 17.0. The molecule has 3 unspecified atom stereocenters. The van der Waals surface area contributed by atoms with Gasteiger partial charge in [-0.15, -0.1) is 37.2 Å². The van der Waals surface area contributed by atoms with Gasteiger partial charge in [-0.1, -0.05) is 6.92 Å². The molecule has 2 rings (SSSR count). The standard InChI is InChI=1S/C15H30N4O.3ClH/c1-3-18-6-8-19(9-7-18)12(2)11-17-15(20)13-4-5-14(16)10-13;;;/h12-14H,3-11,16H2,1-2H3,(H,17,20);3*1H. The van der Waals surface area contributed by atoms with Crippen LogP contribution < -0.4 is 11.1 Å². The number of amides is 1. The van der Waals surface area contributed by atoms with E-state index in [0.29, 0.717) is 6.04 Å². The van der Waals surface area contributed by atoms with Crippen LogP contribution in [0.2, 0.25) is 0 Å². The van der Waals surface area contributed by atoms with E-state index in [9.17, 15) is 4.79 Å². The highest BCUT2D eigenvalue weighted by Crippen LogP contribution is 2.24. The van der Waals surface area contributed by atoms with E-state index in [1.165, 1.54) is 0 Å². The van der Waals surface area contributed by atoms with Crippen LogP contribution in [-0.2, 0) is 4.79 Å². The maximum atomic E-state index is 12.1. The topological polar surface area (TPSA) is 61.6 Å². The molecule has 8 heteroatoms. The first-order valence-corrected chi connectivity index (χ1v) is 8.09. The zero-order chi connectivity index (χ0) is 14.5. The van der Waals surface area contributed by atoms with Crippen LogP contribution in [0.1, 0.15) is 33.1 Å². The third kappa shape index (κ3) is 7.76. The molecule has 3 atom stereocenters. The zero-order valence-corrected chi connectivity index (χ0v) is 16.7. The molecular formula is C15H33Cl3N4O. The number of halogens is 3. The van der Waals surface area contributed by atoms with Crippen molar-refractivity contribution in [1.29, 1.82) is 0 Å². The minimum absolute atomic E-state index is 0. The molecule has 1 aliphatic carbocycles. The number of nitrogens with one attached hydrogen (secondary N) is 1. The summed E-state index contributed by atoms with van der Waals surface area (Å²) in [7, 11) is 0. The number of nitrogens with zero attached hydrogens (tertiary/aromatic N) is 2. The molecule has 3 N–H and O–H groups in total. The highest BCUT2D eigenvalue weighted by molar-refractivity contribution is 5.86. The van der Waals surface area contributed by atoms with Crippen LogP contribution >= 0.6 is 37.2 Å². The summed E-state index contributed by atoms with van der Waals surface area (Å²) in [5, 5.41) is 3.12. The van der Waals surface area contributed by atoms with Crippen LogP contribution in [0.4, 0.5) is 0 Å². The van der Waals surface area contributed by atoms with E-state index in [1.807, 2.05) is 0 Å². The SMILES string of the molecule is CCN1CCN(C(C)CNC(=O)C2CCC(N)C2)CC1.Cl.Cl.Cl. The molecule has 1 saturated carbocycles. The molecule has 23 heavy (non-hydrogen) atoms. The first-order valence-electron chi connectivity index (χ1n) is 8.09. The second-order valence-corrected chi connectivity index (χ2v) is 6.33.